The molecule has 0 aliphatic rings. The van der Waals surface area contributed by atoms with Crippen LogP contribution in [0.3, 0.4) is 0 Å². The fraction of sp³-hybridized carbons (Fsp3) is 0.286. The Labute approximate surface area is 166 Å². The second-order valence-corrected chi connectivity index (χ2v) is 7.63. The number of amides is 2. The lowest BCUT2D eigenvalue weighted by atomic mass is 10.1. The van der Waals surface area contributed by atoms with E-state index in [1.165, 1.54) is 33.7 Å². The van der Waals surface area contributed by atoms with Crippen LogP contribution in [-0.2, 0) is 16.1 Å². The molecule has 152 valence electrons. The van der Waals surface area contributed by atoms with Crippen LogP contribution in [0.15, 0.2) is 57.7 Å². The average molecular weight is 399 g/mol. The van der Waals surface area contributed by atoms with Gasteiger partial charge in [-0.1, -0.05) is 12.1 Å². The van der Waals surface area contributed by atoms with Crippen LogP contribution in [0.1, 0.15) is 20.8 Å². The van der Waals surface area contributed by atoms with E-state index < -0.39 is 28.9 Å². The summed E-state index contributed by atoms with van der Waals surface area (Å²) in [7, 11) is 0. The fourth-order valence-electron chi connectivity index (χ4n) is 2.96. The van der Waals surface area contributed by atoms with Crippen molar-refractivity contribution >= 4 is 28.6 Å². The minimum absolute atomic E-state index is 0.218. The first kappa shape index (κ1) is 20.3. The molecule has 1 N–H and O–H groups in total. The molecular weight excluding hydrogens is 377 g/mol. The highest BCUT2D eigenvalue weighted by Gasteiger charge is 2.29. The van der Waals surface area contributed by atoms with Gasteiger partial charge in [0.25, 0.3) is 0 Å². The summed E-state index contributed by atoms with van der Waals surface area (Å²) in [5.74, 6) is -1.87. The van der Waals surface area contributed by atoms with Crippen LogP contribution in [0.2, 0.25) is 0 Å². The zero-order valence-electron chi connectivity index (χ0n) is 16.4. The summed E-state index contributed by atoms with van der Waals surface area (Å²) in [4.78, 5) is 39.0. The van der Waals surface area contributed by atoms with E-state index in [0.717, 1.165) is 0 Å². The lowest BCUT2D eigenvalue weighted by Gasteiger charge is -2.35. The van der Waals surface area contributed by atoms with Crippen molar-refractivity contribution in [3.63, 3.8) is 0 Å². The van der Waals surface area contributed by atoms with Crippen LogP contribution in [0.4, 0.5) is 10.1 Å². The maximum Gasteiger partial charge on any atom is 0.420 e. The van der Waals surface area contributed by atoms with E-state index in [0.29, 0.717) is 16.8 Å². The minimum Gasteiger partial charge on any atom is -0.408 e. The zero-order valence-corrected chi connectivity index (χ0v) is 16.4. The predicted molar refractivity (Wildman–Crippen MR) is 107 cm³/mol. The first-order valence-electron chi connectivity index (χ1n) is 9.09. The Bertz CT molecular complexity index is 1090. The summed E-state index contributed by atoms with van der Waals surface area (Å²) in [6, 6.07) is 12.2. The first-order valence-corrected chi connectivity index (χ1v) is 9.09. The third-order valence-electron chi connectivity index (χ3n) is 4.41. The van der Waals surface area contributed by atoms with Gasteiger partial charge in [0.2, 0.25) is 11.8 Å². The van der Waals surface area contributed by atoms with Crippen molar-refractivity contribution < 1.29 is 18.4 Å². The Morgan fingerprint density at radius 3 is 2.41 bits per heavy atom. The van der Waals surface area contributed by atoms with Gasteiger partial charge in [0.15, 0.2) is 5.58 Å². The average Bonchev–Trinajstić information content (AvgIpc) is 2.96. The van der Waals surface area contributed by atoms with Crippen molar-refractivity contribution in [3.05, 3.63) is 64.9 Å². The molecule has 3 aromatic rings. The molecule has 0 unspecified atom stereocenters. The van der Waals surface area contributed by atoms with Crippen LogP contribution in [0.5, 0.6) is 0 Å². The number of hydrogen-bond donors (Lipinski definition) is 1. The highest BCUT2D eigenvalue weighted by Crippen LogP contribution is 2.17. The molecule has 0 saturated heterocycles. The van der Waals surface area contributed by atoms with Crippen molar-refractivity contribution in [2.24, 2.45) is 0 Å². The molecule has 0 bridgehead atoms. The van der Waals surface area contributed by atoms with Crippen LogP contribution in [0, 0.1) is 5.82 Å². The lowest BCUT2D eigenvalue weighted by molar-refractivity contribution is -0.140. The third-order valence-corrected chi connectivity index (χ3v) is 4.41. The van der Waals surface area contributed by atoms with Gasteiger partial charge in [0.1, 0.15) is 18.9 Å². The number of benzene rings is 2. The normalized spacial score (nSPS) is 11.4. The van der Waals surface area contributed by atoms with Gasteiger partial charge in [-0.15, -0.1) is 0 Å². The van der Waals surface area contributed by atoms with E-state index in [2.05, 4.69) is 5.32 Å². The lowest BCUT2D eigenvalue weighted by Crippen LogP contribution is -2.50. The van der Waals surface area contributed by atoms with Gasteiger partial charge in [0, 0.05) is 11.2 Å². The third kappa shape index (κ3) is 4.71. The second kappa shape index (κ2) is 7.90. The highest BCUT2D eigenvalue weighted by molar-refractivity contribution is 5.94. The molecule has 29 heavy (non-hydrogen) atoms. The molecule has 0 spiro atoms. The second-order valence-electron chi connectivity index (χ2n) is 7.63. The topological polar surface area (TPSA) is 84.5 Å². The highest BCUT2D eigenvalue weighted by atomic mass is 19.1. The number of nitrogens with one attached hydrogen (secondary N) is 1. The number of aromatic nitrogens is 1. The van der Waals surface area contributed by atoms with Gasteiger partial charge in [-0.2, -0.15) is 0 Å². The van der Waals surface area contributed by atoms with Gasteiger partial charge in [-0.05, 0) is 57.2 Å². The number of nitrogens with zero attached hydrogens (tertiary/aromatic N) is 2. The molecule has 2 aromatic carbocycles. The van der Waals surface area contributed by atoms with Crippen LogP contribution in [0.25, 0.3) is 11.1 Å². The van der Waals surface area contributed by atoms with E-state index in [9.17, 15) is 18.8 Å². The Hall–Kier alpha value is -3.42. The van der Waals surface area contributed by atoms with Gasteiger partial charge in [0.05, 0.1) is 5.52 Å². The van der Waals surface area contributed by atoms with E-state index in [1.54, 1.807) is 45.0 Å². The summed E-state index contributed by atoms with van der Waals surface area (Å²) in [6.07, 6.45) is 0. The summed E-state index contributed by atoms with van der Waals surface area (Å²) in [6.45, 7) is 4.92. The Morgan fingerprint density at radius 2 is 1.76 bits per heavy atom. The molecule has 1 heterocycles. The standard InChI is InChI=1S/C21H22FN3O4/c1-21(2,3)25(12-18(26)23-15-10-8-14(22)9-11-15)19(27)13-24-16-6-4-5-7-17(16)29-20(24)28/h4-11H,12-13H2,1-3H3,(H,23,26). The molecule has 0 saturated carbocycles. The molecule has 7 nitrogen and oxygen atoms in total. The molecule has 3 rings (SSSR count). The quantitative estimate of drug-likeness (QED) is 0.715. The maximum atomic E-state index is 13.0. The van der Waals surface area contributed by atoms with Crippen LogP contribution in [-0.4, -0.2) is 33.4 Å². The summed E-state index contributed by atoms with van der Waals surface area (Å²) < 4.78 is 19.4. The monoisotopic (exact) mass is 399 g/mol. The molecule has 0 radical (unpaired) electrons. The molecule has 0 aliphatic heterocycles. The van der Waals surface area contributed by atoms with E-state index in [-0.39, 0.29) is 13.1 Å². The fourth-order valence-corrected chi connectivity index (χ4v) is 2.96. The number of hydrogen-bond acceptors (Lipinski definition) is 4. The number of carbonyl (C=O) groups excluding carboxylic acids is 2. The van der Waals surface area contributed by atoms with Gasteiger partial charge >= 0.3 is 5.76 Å². The van der Waals surface area contributed by atoms with Crippen LogP contribution < -0.4 is 11.1 Å². The molecule has 1 aromatic heterocycles. The van der Waals surface area contributed by atoms with Crippen LogP contribution >= 0.6 is 0 Å². The number of fused-ring (bicyclic) bond motifs is 1. The van der Waals surface area contributed by atoms with Crippen molar-refractivity contribution in [2.75, 3.05) is 11.9 Å². The summed E-state index contributed by atoms with van der Waals surface area (Å²) in [5, 5.41) is 2.64. The predicted octanol–water partition coefficient (Wildman–Crippen LogP) is 3.00. The molecule has 8 heteroatoms. The smallest absolute Gasteiger partial charge is 0.408 e. The van der Waals surface area contributed by atoms with Gasteiger partial charge in [-0.3, -0.25) is 14.2 Å². The van der Waals surface area contributed by atoms with Gasteiger partial charge < -0.3 is 14.6 Å². The van der Waals surface area contributed by atoms with E-state index in [4.69, 9.17) is 4.42 Å². The summed E-state index contributed by atoms with van der Waals surface area (Å²) in [5.41, 5.74) is 0.660. The van der Waals surface area contributed by atoms with E-state index >= 15 is 0 Å². The zero-order chi connectivity index (χ0) is 21.2. The van der Waals surface area contributed by atoms with Crippen molar-refractivity contribution in [1.29, 1.82) is 0 Å². The number of halogens is 1. The Balaban J connectivity index is 1.78. The summed E-state index contributed by atoms with van der Waals surface area (Å²) >= 11 is 0. The van der Waals surface area contributed by atoms with Crippen molar-refractivity contribution in [2.45, 2.75) is 32.9 Å². The Morgan fingerprint density at radius 1 is 1.10 bits per heavy atom. The number of oxazole rings is 1. The SMILES string of the molecule is CC(C)(C)N(CC(=O)Nc1ccc(F)cc1)C(=O)Cn1c(=O)oc2ccccc21. The number of carbonyl (C=O) groups is 2. The molecular formula is C21H22FN3O4. The van der Waals surface area contributed by atoms with Gasteiger partial charge in [-0.25, -0.2) is 9.18 Å². The van der Waals surface area contributed by atoms with E-state index in [1.807, 2.05) is 0 Å². The molecule has 0 aliphatic carbocycles. The molecule has 2 amide bonds. The largest absolute Gasteiger partial charge is 0.420 e. The molecule has 0 atom stereocenters. The number of anilines is 1. The number of para-hydroxylation sites is 2. The first-order chi connectivity index (χ1) is 13.6. The Kier molecular flexibility index (Phi) is 5.54. The number of rotatable bonds is 5. The van der Waals surface area contributed by atoms with Crippen molar-refractivity contribution in [1.82, 2.24) is 9.47 Å². The minimum atomic E-state index is -0.666. The van der Waals surface area contributed by atoms with Crippen molar-refractivity contribution in [3.8, 4) is 0 Å². The molecule has 0 fully saturated rings. The maximum absolute atomic E-state index is 13.0.